The number of carbonyl (C=O) groups excluding carboxylic acids is 1. The van der Waals surface area contributed by atoms with E-state index in [1.807, 2.05) is 41.8 Å². The molecule has 2 N–H and O–H groups in total. The van der Waals surface area contributed by atoms with Crippen LogP contribution >= 0.6 is 11.5 Å². The summed E-state index contributed by atoms with van der Waals surface area (Å²) in [5.74, 6) is -0.0664. The van der Waals surface area contributed by atoms with E-state index in [0.717, 1.165) is 28.2 Å². The number of anilines is 1. The van der Waals surface area contributed by atoms with Crippen LogP contribution in [0.1, 0.15) is 11.3 Å². The van der Waals surface area contributed by atoms with Crippen molar-refractivity contribution in [2.24, 2.45) is 5.73 Å². The van der Waals surface area contributed by atoms with Crippen LogP contribution in [-0.4, -0.2) is 26.5 Å². The normalized spacial score (nSPS) is 17.0. The van der Waals surface area contributed by atoms with Crippen LogP contribution in [0, 0.1) is 0 Å². The third-order valence-electron chi connectivity index (χ3n) is 4.10. The van der Waals surface area contributed by atoms with Gasteiger partial charge in [0, 0.05) is 23.6 Å². The topological polar surface area (TPSA) is 85.0 Å². The number of nitrogens with zero attached hydrogens (tertiary/aromatic N) is 4. The van der Waals surface area contributed by atoms with Gasteiger partial charge in [0.2, 0.25) is 5.91 Å². The molecule has 3 heterocycles. The third kappa shape index (κ3) is 2.68. The first kappa shape index (κ1) is 14.9. The van der Waals surface area contributed by atoms with Crippen LogP contribution in [0.5, 0.6) is 0 Å². The highest BCUT2D eigenvalue weighted by molar-refractivity contribution is 7.03. The number of carbonyl (C=O) groups is 1. The van der Waals surface area contributed by atoms with Crippen molar-refractivity contribution in [1.29, 1.82) is 0 Å². The van der Waals surface area contributed by atoms with Crippen molar-refractivity contribution in [3.8, 4) is 11.3 Å². The van der Waals surface area contributed by atoms with Crippen molar-refractivity contribution in [2.45, 2.75) is 19.0 Å². The minimum absolute atomic E-state index is 0.0664. The Bertz CT molecular complexity index is 863. The first-order chi connectivity index (χ1) is 11.7. The van der Waals surface area contributed by atoms with E-state index in [1.54, 1.807) is 11.1 Å². The van der Waals surface area contributed by atoms with Crippen LogP contribution in [-0.2, 0) is 17.8 Å². The molecule has 1 atom stereocenters. The fourth-order valence-corrected chi connectivity index (χ4v) is 3.33. The highest BCUT2D eigenvalue weighted by Gasteiger charge is 2.31. The zero-order valence-corrected chi connectivity index (χ0v) is 13.6. The Morgan fingerprint density at radius 2 is 2.08 bits per heavy atom. The second kappa shape index (κ2) is 6.10. The molecule has 1 aromatic carbocycles. The monoisotopic (exact) mass is 337 g/mol. The molecule has 1 amide bonds. The van der Waals surface area contributed by atoms with E-state index in [1.165, 1.54) is 11.5 Å². The van der Waals surface area contributed by atoms with Crippen LogP contribution in [0.15, 0.2) is 48.0 Å². The zero-order valence-electron chi connectivity index (χ0n) is 12.8. The fourth-order valence-electron chi connectivity index (χ4n) is 2.86. The molecular formula is C17H15N5OS. The zero-order chi connectivity index (χ0) is 16.5. The molecule has 1 unspecified atom stereocenters. The van der Waals surface area contributed by atoms with Crippen molar-refractivity contribution in [3.05, 3.63) is 59.2 Å². The van der Waals surface area contributed by atoms with Crippen molar-refractivity contribution in [1.82, 2.24) is 14.6 Å². The van der Waals surface area contributed by atoms with Crippen LogP contribution in [0.2, 0.25) is 0 Å². The van der Waals surface area contributed by atoms with Crippen molar-refractivity contribution in [2.75, 3.05) is 4.90 Å². The molecule has 0 saturated carbocycles. The Kier molecular flexibility index (Phi) is 3.79. The largest absolute Gasteiger partial charge is 0.320 e. The molecule has 24 heavy (non-hydrogen) atoms. The van der Waals surface area contributed by atoms with Gasteiger partial charge in [-0.25, -0.2) is 0 Å². The minimum atomic E-state index is -0.534. The molecule has 3 aromatic rings. The molecule has 120 valence electrons. The molecule has 2 aromatic heterocycles. The Morgan fingerprint density at radius 1 is 1.25 bits per heavy atom. The van der Waals surface area contributed by atoms with E-state index < -0.39 is 6.04 Å². The molecule has 1 aliphatic rings. The summed E-state index contributed by atoms with van der Waals surface area (Å²) in [4.78, 5) is 18.6. The van der Waals surface area contributed by atoms with Crippen LogP contribution < -0.4 is 10.6 Å². The smallest absolute Gasteiger partial charge is 0.244 e. The van der Waals surface area contributed by atoms with E-state index in [9.17, 15) is 4.79 Å². The Hall–Kier alpha value is -2.64. The molecule has 0 saturated heterocycles. The first-order valence-corrected chi connectivity index (χ1v) is 8.43. The van der Waals surface area contributed by atoms with Gasteiger partial charge in [-0.2, -0.15) is 0 Å². The molecule has 0 radical (unpaired) electrons. The van der Waals surface area contributed by atoms with E-state index >= 15 is 0 Å². The summed E-state index contributed by atoms with van der Waals surface area (Å²) in [6, 6.07) is 11.2. The average molecular weight is 337 g/mol. The fraction of sp³-hybridized carbons (Fsp3) is 0.176. The minimum Gasteiger partial charge on any atom is -0.320 e. The standard InChI is InChI=1S/C17H15N5OS/c18-13-8-14-16(2-1-7-19-14)22(17(13)23)9-11-3-5-12(6-4-11)15-10-24-21-20-15/h1-7,10,13H,8-9,18H2. The van der Waals surface area contributed by atoms with Gasteiger partial charge in [-0.1, -0.05) is 28.8 Å². The number of amides is 1. The number of benzene rings is 1. The molecule has 0 spiro atoms. The Balaban J connectivity index is 1.61. The van der Waals surface area contributed by atoms with E-state index in [2.05, 4.69) is 14.6 Å². The summed E-state index contributed by atoms with van der Waals surface area (Å²) in [5.41, 5.74) is 10.6. The van der Waals surface area contributed by atoms with Crippen molar-refractivity contribution in [3.63, 3.8) is 0 Å². The third-order valence-corrected chi connectivity index (χ3v) is 4.61. The number of pyridine rings is 1. The molecule has 0 aliphatic carbocycles. The number of rotatable bonds is 3. The lowest BCUT2D eigenvalue weighted by atomic mass is 10.0. The second-order valence-corrected chi connectivity index (χ2v) is 6.30. The van der Waals surface area contributed by atoms with Gasteiger partial charge in [-0.05, 0) is 29.2 Å². The highest BCUT2D eigenvalue weighted by Crippen LogP contribution is 2.27. The molecule has 1 aliphatic heterocycles. The number of hydrogen-bond acceptors (Lipinski definition) is 6. The average Bonchev–Trinajstić information content (AvgIpc) is 3.14. The van der Waals surface area contributed by atoms with Crippen LogP contribution in [0.4, 0.5) is 5.69 Å². The van der Waals surface area contributed by atoms with Gasteiger partial charge in [-0.3, -0.25) is 9.78 Å². The lowest BCUT2D eigenvalue weighted by Gasteiger charge is -2.32. The summed E-state index contributed by atoms with van der Waals surface area (Å²) in [7, 11) is 0. The number of hydrogen-bond donors (Lipinski definition) is 1. The quantitative estimate of drug-likeness (QED) is 0.790. The molecule has 4 rings (SSSR count). The van der Waals surface area contributed by atoms with Crippen LogP contribution in [0.25, 0.3) is 11.3 Å². The number of fused-ring (bicyclic) bond motifs is 1. The SMILES string of the molecule is NC1Cc2ncccc2N(Cc2ccc(-c3csnn3)cc2)C1=O. The van der Waals surface area contributed by atoms with Gasteiger partial charge in [0.15, 0.2) is 0 Å². The second-order valence-electron chi connectivity index (χ2n) is 5.69. The van der Waals surface area contributed by atoms with Gasteiger partial charge in [0.1, 0.15) is 5.69 Å². The van der Waals surface area contributed by atoms with Crippen molar-refractivity contribution >= 4 is 23.1 Å². The molecule has 7 heteroatoms. The summed E-state index contributed by atoms with van der Waals surface area (Å²) in [6.07, 6.45) is 2.22. The number of aromatic nitrogens is 3. The van der Waals surface area contributed by atoms with Gasteiger partial charge in [0.25, 0.3) is 0 Å². The Labute approximate surface area is 143 Å². The molecular weight excluding hydrogens is 322 g/mol. The van der Waals surface area contributed by atoms with Gasteiger partial charge in [-0.15, -0.1) is 5.10 Å². The summed E-state index contributed by atoms with van der Waals surface area (Å²) >= 11 is 1.33. The predicted octanol–water partition coefficient (Wildman–Crippen LogP) is 2.02. The van der Waals surface area contributed by atoms with Gasteiger partial charge >= 0.3 is 0 Å². The lowest BCUT2D eigenvalue weighted by molar-refractivity contribution is -0.120. The maximum Gasteiger partial charge on any atom is 0.244 e. The summed E-state index contributed by atoms with van der Waals surface area (Å²) in [6.45, 7) is 0.473. The van der Waals surface area contributed by atoms with Gasteiger partial charge in [0.05, 0.1) is 24.0 Å². The van der Waals surface area contributed by atoms with E-state index in [-0.39, 0.29) is 5.91 Å². The molecule has 0 fully saturated rings. The van der Waals surface area contributed by atoms with Crippen LogP contribution in [0.3, 0.4) is 0 Å². The lowest BCUT2D eigenvalue weighted by Crippen LogP contribution is -2.48. The number of nitrogens with two attached hydrogens (primary N) is 1. The van der Waals surface area contributed by atoms with Gasteiger partial charge < -0.3 is 10.6 Å². The van der Waals surface area contributed by atoms with E-state index in [4.69, 9.17) is 5.73 Å². The molecule has 0 bridgehead atoms. The summed E-state index contributed by atoms with van der Waals surface area (Å²) in [5, 5.41) is 5.97. The molecule has 6 nitrogen and oxygen atoms in total. The maximum absolute atomic E-state index is 12.5. The first-order valence-electron chi connectivity index (χ1n) is 7.59. The van der Waals surface area contributed by atoms with E-state index in [0.29, 0.717) is 13.0 Å². The predicted molar refractivity (Wildman–Crippen MR) is 92.5 cm³/mol. The Morgan fingerprint density at radius 3 is 2.83 bits per heavy atom. The highest BCUT2D eigenvalue weighted by atomic mass is 32.1. The summed E-state index contributed by atoms with van der Waals surface area (Å²) < 4.78 is 3.88. The maximum atomic E-state index is 12.5. The van der Waals surface area contributed by atoms with Crippen molar-refractivity contribution < 1.29 is 4.79 Å².